The lowest BCUT2D eigenvalue weighted by atomic mass is 10.1. The molecule has 0 aliphatic rings. The molecule has 5 nitrogen and oxygen atoms in total. The molecule has 0 amide bonds. The van der Waals surface area contributed by atoms with Crippen molar-refractivity contribution in [2.45, 2.75) is 6.42 Å². The Hall–Kier alpha value is -2.30. The molecule has 0 saturated carbocycles. The van der Waals surface area contributed by atoms with Crippen molar-refractivity contribution >= 4 is 11.7 Å². The van der Waals surface area contributed by atoms with E-state index in [0.717, 1.165) is 11.3 Å². The van der Waals surface area contributed by atoms with Gasteiger partial charge in [0.05, 0.1) is 6.42 Å². The molecule has 2 aromatic rings. The molecule has 5 heteroatoms. The fourth-order valence-electron chi connectivity index (χ4n) is 1.70. The molecule has 1 aromatic carbocycles. The topological polar surface area (TPSA) is 66.6 Å². The van der Waals surface area contributed by atoms with Crippen molar-refractivity contribution in [3.05, 3.63) is 36.1 Å². The van der Waals surface area contributed by atoms with E-state index in [-0.39, 0.29) is 6.42 Å². The van der Waals surface area contributed by atoms with E-state index < -0.39 is 5.97 Å². The third-order valence-electron chi connectivity index (χ3n) is 2.64. The van der Waals surface area contributed by atoms with Crippen LogP contribution in [-0.4, -0.2) is 30.3 Å². The zero-order chi connectivity index (χ0) is 13.1. The second-order valence-electron chi connectivity index (χ2n) is 4.20. The third-order valence-corrected chi connectivity index (χ3v) is 2.64. The number of aliphatic carboxylic acids is 1. The summed E-state index contributed by atoms with van der Waals surface area (Å²) in [5.41, 5.74) is 3.09. The van der Waals surface area contributed by atoms with Gasteiger partial charge in [0.2, 0.25) is 0 Å². The molecule has 0 radical (unpaired) electrons. The normalized spacial score (nSPS) is 10.3. The van der Waals surface area contributed by atoms with E-state index in [1.807, 2.05) is 43.3 Å². The van der Waals surface area contributed by atoms with Gasteiger partial charge in [-0.2, -0.15) is 0 Å². The maximum atomic E-state index is 10.7. The predicted octanol–water partition coefficient (Wildman–Crippen LogP) is 2.03. The summed E-state index contributed by atoms with van der Waals surface area (Å²) in [5, 5.41) is 12.7. The van der Waals surface area contributed by atoms with Gasteiger partial charge in [-0.3, -0.25) is 4.79 Å². The number of anilines is 1. The van der Waals surface area contributed by atoms with Crippen LogP contribution < -0.4 is 4.90 Å². The summed E-state index contributed by atoms with van der Waals surface area (Å²) in [5.74, 6) is -0.899. The average molecular weight is 246 g/mol. The van der Waals surface area contributed by atoms with Crippen molar-refractivity contribution < 1.29 is 14.4 Å². The Morgan fingerprint density at radius 1 is 1.33 bits per heavy atom. The van der Waals surface area contributed by atoms with Crippen LogP contribution in [0.3, 0.4) is 0 Å². The monoisotopic (exact) mass is 246 g/mol. The Bertz CT molecular complexity index is 544. The number of carbonyl (C=O) groups is 1. The van der Waals surface area contributed by atoms with E-state index in [4.69, 9.17) is 9.63 Å². The van der Waals surface area contributed by atoms with Crippen LogP contribution in [0, 0.1) is 0 Å². The SMILES string of the molecule is CN(C)c1ccc(-c2nocc2CC(=O)O)cc1. The lowest BCUT2D eigenvalue weighted by Crippen LogP contribution is -2.08. The van der Waals surface area contributed by atoms with Gasteiger partial charge in [0.1, 0.15) is 12.0 Å². The number of aromatic nitrogens is 1. The molecule has 0 bridgehead atoms. The van der Waals surface area contributed by atoms with Crippen molar-refractivity contribution in [2.24, 2.45) is 0 Å². The van der Waals surface area contributed by atoms with E-state index in [1.54, 1.807) is 0 Å². The Morgan fingerprint density at radius 3 is 2.56 bits per heavy atom. The Morgan fingerprint density at radius 2 is 2.00 bits per heavy atom. The molecule has 0 atom stereocenters. The van der Waals surface area contributed by atoms with Crippen LogP contribution in [0.1, 0.15) is 5.56 Å². The van der Waals surface area contributed by atoms with Crippen LogP contribution in [0.15, 0.2) is 35.1 Å². The number of benzene rings is 1. The number of nitrogens with zero attached hydrogens (tertiary/aromatic N) is 2. The molecule has 0 saturated heterocycles. The van der Waals surface area contributed by atoms with E-state index in [9.17, 15) is 4.79 Å². The molecular weight excluding hydrogens is 232 g/mol. The Labute approximate surface area is 105 Å². The van der Waals surface area contributed by atoms with Gasteiger partial charge < -0.3 is 14.5 Å². The van der Waals surface area contributed by atoms with E-state index in [2.05, 4.69) is 5.16 Å². The van der Waals surface area contributed by atoms with Crippen molar-refractivity contribution in [3.8, 4) is 11.3 Å². The standard InChI is InChI=1S/C13H14N2O3/c1-15(2)11-5-3-9(4-6-11)13-10(7-12(16)17)8-18-14-13/h3-6,8H,7H2,1-2H3,(H,16,17). The van der Waals surface area contributed by atoms with E-state index in [1.165, 1.54) is 6.26 Å². The first-order valence-electron chi connectivity index (χ1n) is 5.50. The molecule has 2 rings (SSSR count). The zero-order valence-electron chi connectivity index (χ0n) is 10.3. The van der Waals surface area contributed by atoms with Crippen LogP contribution in [0.25, 0.3) is 11.3 Å². The lowest BCUT2D eigenvalue weighted by molar-refractivity contribution is -0.136. The van der Waals surface area contributed by atoms with Gasteiger partial charge in [0.25, 0.3) is 0 Å². The molecule has 0 aliphatic carbocycles. The minimum Gasteiger partial charge on any atom is -0.481 e. The van der Waals surface area contributed by atoms with Gasteiger partial charge in [0, 0.05) is 30.9 Å². The average Bonchev–Trinajstić information content (AvgIpc) is 2.76. The number of hydrogen-bond donors (Lipinski definition) is 1. The molecular formula is C13H14N2O3. The van der Waals surface area contributed by atoms with Gasteiger partial charge >= 0.3 is 5.97 Å². The highest BCUT2D eigenvalue weighted by atomic mass is 16.5. The molecule has 18 heavy (non-hydrogen) atoms. The van der Waals surface area contributed by atoms with Crippen molar-refractivity contribution in [1.82, 2.24) is 5.16 Å². The third kappa shape index (κ3) is 2.51. The van der Waals surface area contributed by atoms with Crippen LogP contribution in [0.4, 0.5) is 5.69 Å². The predicted molar refractivity (Wildman–Crippen MR) is 67.6 cm³/mol. The van der Waals surface area contributed by atoms with Crippen molar-refractivity contribution in [1.29, 1.82) is 0 Å². The summed E-state index contributed by atoms with van der Waals surface area (Å²) >= 11 is 0. The van der Waals surface area contributed by atoms with Crippen LogP contribution in [0.5, 0.6) is 0 Å². The van der Waals surface area contributed by atoms with Crippen molar-refractivity contribution in [3.63, 3.8) is 0 Å². The molecule has 94 valence electrons. The quantitative estimate of drug-likeness (QED) is 0.894. The molecule has 0 aliphatic heterocycles. The highest BCUT2D eigenvalue weighted by Crippen LogP contribution is 2.24. The maximum Gasteiger partial charge on any atom is 0.308 e. The summed E-state index contributed by atoms with van der Waals surface area (Å²) in [6.07, 6.45) is 1.29. The van der Waals surface area contributed by atoms with Gasteiger partial charge in [-0.25, -0.2) is 0 Å². The van der Waals surface area contributed by atoms with E-state index in [0.29, 0.717) is 11.3 Å². The van der Waals surface area contributed by atoms with Gasteiger partial charge in [-0.1, -0.05) is 17.3 Å². The fourth-order valence-corrected chi connectivity index (χ4v) is 1.70. The lowest BCUT2D eigenvalue weighted by Gasteiger charge is -2.12. The molecule has 0 fully saturated rings. The first-order valence-corrected chi connectivity index (χ1v) is 5.50. The second kappa shape index (κ2) is 4.91. The summed E-state index contributed by atoms with van der Waals surface area (Å²) < 4.78 is 4.85. The smallest absolute Gasteiger partial charge is 0.308 e. The Balaban J connectivity index is 2.31. The highest BCUT2D eigenvalue weighted by Gasteiger charge is 2.13. The molecule has 1 heterocycles. The fraction of sp³-hybridized carbons (Fsp3) is 0.231. The number of rotatable bonds is 4. The minimum atomic E-state index is -0.899. The first-order chi connectivity index (χ1) is 8.58. The van der Waals surface area contributed by atoms with Gasteiger partial charge in [0.15, 0.2) is 0 Å². The summed E-state index contributed by atoms with van der Waals surface area (Å²) in [6, 6.07) is 7.71. The van der Waals surface area contributed by atoms with Gasteiger partial charge in [-0.15, -0.1) is 0 Å². The minimum absolute atomic E-state index is 0.0890. The number of carboxylic acids is 1. The summed E-state index contributed by atoms with van der Waals surface area (Å²) in [4.78, 5) is 12.7. The number of carboxylic acid groups (broad SMARTS) is 1. The summed E-state index contributed by atoms with van der Waals surface area (Å²) in [7, 11) is 3.92. The molecule has 1 N–H and O–H groups in total. The van der Waals surface area contributed by atoms with Gasteiger partial charge in [-0.05, 0) is 12.1 Å². The molecule has 1 aromatic heterocycles. The second-order valence-corrected chi connectivity index (χ2v) is 4.20. The first kappa shape index (κ1) is 12.2. The number of hydrogen-bond acceptors (Lipinski definition) is 4. The van der Waals surface area contributed by atoms with Crippen LogP contribution in [-0.2, 0) is 11.2 Å². The summed E-state index contributed by atoms with van der Waals surface area (Å²) in [6.45, 7) is 0. The van der Waals surface area contributed by atoms with Crippen molar-refractivity contribution in [2.75, 3.05) is 19.0 Å². The highest BCUT2D eigenvalue weighted by molar-refractivity contribution is 5.75. The van der Waals surface area contributed by atoms with Crippen LogP contribution >= 0.6 is 0 Å². The van der Waals surface area contributed by atoms with E-state index >= 15 is 0 Å². The zero-order valence-corrected chi connectivity index (χ0v) is 10.3. The maximum absolute atomic E-state index is 10.7. The largest absolute Gasteiger partial charge is 0.481 e. The Kier molecular flexibility index (Phi) is 3.32. The molecule has 0 spiro atoms. The molecule has 0 unspecified atom stereocenters. The van der Waals surface area contributed by atoms with Crippen LogP contribution in [0.2, 0.25) is 0 Å².